The van der Waals surface area contributed by atoms with Crippen LogP contribution in [0.1, 0.15) is 30.9 Å². The van der Waals surface area contributed by atoms with Crippen molar-refractivity contribution in [1.82, 2.24) is 0 Å². The molecule has 102 valence electrons. The van der Waals surface area contributed by atoms with Gasteiger partial charge in [0.1, 0.15) is 5.75 Å². The average molecular weight is 271 g/mol. The van der Waals surface area contributed by atoms with E-state index >= 15 is 0 Å². The highest BCUT2D eigenvalue weighted by atomic mass is 32.2. The number of aryl methyl sites for hydroxylation is 2. The summed E-state index contributed by atoms with van der Waals surface area (Å²) >= 11 is 0. The molecule has 5 heteroatoms. The monoisotopic (exact) mass is 271 g/mol. The van der Waals surface area contributed by atoms with E-state index < -0.39 is 10.0 Å². The molecule has 0 spiro atoms. The number of sulfonamides is 1. The van der Waals surface area contributed by atoms with E-state index in [2.05, 4.69) is 4.72 Å². The van der Waals surface area contributed by atoms with Gasteiger partial charge in [0.25, 0.3) is 0 Å². The van der Waals surface area contributed by atoms with E-state index in [0.29, 0.717) is 17.9 Å². The predicted octanol–water partition coefficient (Wildman–Crippen LogP) is 2.85. The van der Waals surface area contributed by atoms with Crippen molar-refractivity contribution in [2.45, 2.75) is 33.6 Å². The fraction of sp³-hybridized carbons (Fsp3) is 0.538. The number of anilines is 1. The maximum atomic E-state index is 11.9. The minimum atomic E-state index is -3.29. The summed E-state index contributed by atoms with van der Waals surface area (Å²) in [5.41, 5.74) is 2.44. The van der Waals surface area contributed by atoms with Gasteiger partial charge in [0.05, 0.1) is 18.6 Å². The van der Waals surface area contributed by atoms with Gasteiger partial charge in [-0.15, -0.1) is 0 Å². The van der Waals surface area contributed by atoms with Crippen molar-refractivity contribution >= 4 is 15.7 Å². The first-order valence-corrected chi connectivity index (χ1v) is 7.70. The number of hydrogen-bond acceptors (Lipinski definition) is 3. The number of hydrogen-bond donors (Lipinski definition) is 1. The van der Waals surface area contributed by atoms with E-state index in [-0.39, 0.29) is 5.75 Å². The van der Waals surface area contributed by atoms with Crippen LogP contribution in [0.3, 0.4) is 0 Å². The Kier molecular flexibility index (Phi) is 5.02. The third-order valence-electron chi connectivity index (χ3n) is 2.66. The highest BCUT2D eigenvalue weighted by Crippen LogP contribution is 2.30. The van der Waals surface area contributed by atoms with Gasteiger partial charge in [-0.1, -0.05) is 19.4 Å². The summed E-state index contributed by atoms with van der Waals surface area (Å²) in [5.74, 6) is 0.722. The molecule has 0 aliphatic heterocycles. The lowest BCUT2D eigenvalue weighted by molar-refractivity contribution is 0.413. The van der Waals surface area contributed by atoms with Gasteiger partial charge in [-0.25, -0.2) is 8.42 Å². The van der Waals surface area contributed by atoms with Crippen molar-refractivity contribution in [2.75, 3.05) is 17.6 Å². The number of nitrogens with one attached hydrogen (secondary N) is 1. The van der Waals surface area contributed by atoms with Gasteiger partial charge in [0.2, 0.25) is 10.0 Å². The van der Waals surface area contributed by atoms with Crippen molar-refractivity contribution in [2.24, 2.45) is 0 Å². The SMILES string of the molecule is CCCCS(=O)(=O)Nc1cc(C)cc(C)c1OC. The second-order valence-electron chi connectivity index (χ2n) is 4.44. The maximum absolute atomic E-state index is 11.9. The molecule has 1 aromatic rings. The van der Waals surface area contributed by atoms with E-state index in [9.17, 15) is 8.42 Å². The molecule has 0 saturated carbocycles. The molecule has 1 rings (SSSR count). The maximum Gasteiger partial charge on any atom is 0.232 e. The molecule has 0 radical (unpaired) electrons. The van der Waals surface area contributed by atoms with E-state index in [1.165, 1.54) is 0 Å². The molecular weight excluding hydrogens is 250 g/mol. The van der Waals surface area contributed by atoms with Crippen LogP contribution >= 0.6 is 0 Å². The molecule has 0 bridgehead atoms. The molecule has 4 nitrogen and oxygen atoms in total. The Morgan fingerprint density at radius 3 is 2.50 bits per heavy atom. The van der Waals surface area contributed by atoms with Gasteiger partial charge in [0.15, 0.2) is 0 Å². The van der Waals surface area contributed by atoms with E-state index in [1.54, 1.807) is 13.2 Å². The lowest BCUT2D eigenvalue weighted by Crippen LogP contribution is -2.17. The highest BCUT2D eigenvalue weighted by Gasteiger charge is 2.14. The first-order valence-electron chi connectivity index (χ1n) is 6.05. The number of unbranched alkanes of at least 4 members (excludes halogenated alkanes) is 1. The lowest BCUT2D eigenvalue weighted by Gasteiger charge is -2.14. The fourth-order valence-corrected chi connectivity index (χ4v) is 3.11. The van der Waals surface area contributed by atoms with Gasteiger partial charge >= 0.3 is 0 Å². The molecule has 0 aliphatic rings. The van der Waals surface area contributed by atoms with Crippen LogP contribution in [-0.2, 0) is 10.0 Å². The van der Waals surface area contributed by atoms with Crippen LogP contribution in [0.15, 0.2) is 12.1 Å². The molecule has 0 fully saturated rings. The lowest BCUT2D eigenvalue weighted by atomic mass is 10.1. The van der Waals surface area contributed by atoms with Crippen molar-refractivity contribution in [3.05, 3.63) is 23.3 Å². The molecule has 0 aromatic heterocycles. The smallest absolute Gasteiger partial charge is 0.232 e. The number of ether oxygens (including phenoxy) is 1. The zero-order valence-corrected chi connectivity index (χ0v) is 12.2. The van der Waals surface area contributed by atoms with Crippen LogP contribution in [0.2, 0.25) is 0 Å². The van der Waals surface area contributed by atoms with Crippen LogP contribution in [0.25, 0.3) is 0 Å². The van der Waals surface area contributed by atoms with Crippen LogP contribution in [0, 0.1) is 13.8 Å². The van der Waals surface area contributed by atoms with E-state index in [1.807, 2.05) is 26.8 Å². The van der Waals surface area contributed by atoms with Crippen molar-refractivity contribution in [3.8, 4) is 5.75 Å². The molecule has 0 aliphatic carbocycles. The summed E-state index contributed by atoms with van der Waals surface area (Å²) in [7, 11) is -1.75. The Morgan fingerprint density at radius 1 is 1.28 bits per heavy atom. The van der Waals surface area contributed by atoms with Gasteiger partial charge in [0, 0.05) is 0 Å². The molecule has 0 amide bonds. The number of rotatable bonds is 6. The molecule has 0 heterocycles. The van der Waals surface area contributed by atoms with Crippen LogP contribution < -0.4 is 9.46 Å². The van der Waals surface area contributed by atoms with Crippen molar-refractivity contribution in [1.29, 1.82) is 0 Å². The Bertz CT molecular complexity index is 509. The van der Waals surface area contributed by atoms with Crippen molar-refractivity contribution in [3.63, 3.8) is 0 Å². The standard InChI is InChI=1S/C13H21NO3S/c1-5-6-7-18(15,16)14-12-9-10(2)8-11(3)13(12)17-4/h8-9,14H,5-7H2,1-4H3. The largest absolute Gasteiger partial charge is 0.494 e. The molecule has 1 N–H and O–H groups in total. The van der Waals surface area contributed by atoms with Gasteiger partial charge in [-0.3, -0.25) is 4.72 Å². The molecule has 0 atom stereocenters. The average Bonchev–Trinajstić information content (AvgIpc) is 2.25. The Labute approximate surface area is 109 Å². The van der Waals surface area contributed by atoms with Gasteiger partial charge in [-0.05, 0) is 37.5 Å². The second-order valence-corrected chi connectivity index (χ2v) is 6.28. The highest BCUT2D eigenvalue weighted by molar-refractivity contribution is 7.92. The number of methoxy groups -OCH3 is 1. The first kappa shape index (κ1) is 14.8. The summed E-state index contributed by atoms with van der Waals surface area (Å²) in [5, 5.41) is 0. The van der Waals surface area contributed by atoms with Gasteiger partial charge < -0.3 is 4.74 Å². The Morgan fingerprint density at radius 2 is 1.94 bits per heavy atom. The third-order valence-corrected chi connectivity index (χ3v) is 4.01. The zero-order chi connectivity index (χ0) is 13.8. The quantitative estimate of drug-likeness (QED) is 0.865. The summed E-state index contributed by atoms with van der Waals surface area (Å²) in [4.78, 5) is 0. The summed E-state index contributed by atoms with van der Waals surface area (Å²) in [6, 6.07) is 3.75. The first-order chi connectivity index (χ1) is 8.39. The van der Waals surface area contributed by atoms with Crippen LogP contribution in [0.5, 0.6) is 5.75 Å². The molecular formula is C13H21NO3S. The van der Waals surface area contributed by atoms with E-state index in [0.717, 1.165) is 17.5 Å². The van der Waals surface area contributed by atoms with Crippen LogP contribution in [-0.4, -0.2) is 21.3 Å². The minimum Gasteiger partial charge on any atom is -0.494 e. The Hall–Kier alpha value is -1.23. The third kappa shape index (κ3) is 3.91. The van der Waals surface area contributed by atoms with Gasteiger partial charge in [-0.2, -0.15) is 0 Å². The van der Waals surface area contributed by atoms with Crippen LogP contribution in [0.4, 0.5) is 5.69 Å². The fourth-order valence-electron chi connectivity index (χ4n) is 1.85. The molecule has 18 heavy (non-hydrogen) atoms. The van der Waals surface area contributed by atoms with Crippen molar-refractivity contribution < 1.29 is 13.2 Å². The zero-order valence-electron chi connectivity index (χ0n) is 11.4. The predicted molar refractivity (Wildman–Crippen MR) is 74.8 cm³/mol. The summed E-state index contributed by atoms with van der Waals surface area (Å²) < 4.78 is 31.6. The van der Waals surface area contributed by atoms with E-state index in [4.69, 9.17) is 4.74 Å². The topological polar surface area (TPSA) is 55.4 Å². The summed E-state index contributed by atoms with van der Waals surface area (Å²) in [6.07, 6.45) is 1.51. The molecule has 0 saturated heterocycles. The summed E-state index contributed by atoms with van der Waals surface area (Å²) in [6.45, 7) is 5.79. The normalized spacial score (nSPS) is 11.3. The Balaban J connectivity index is 3.03. The second kappa shape index (κ2) is 6.09. The molecule has 1 aromatic carbocycles. The number of benzene rings is 1. The minimum absolute atomic E-state index is 0.139. The molecule has 0 unspecified atom stereocenters.